The van der Waals surface area contributed by atoms with Crippen molar-refractivity contribution in [1.82, 2.24) is 4.98 Å². The SMILES string of the molecule is CC(C)c1nc2c(c3c1C(c1ccc(C(F)(F)F)c(C#N)c1)OC31CCOCC1)C(O)CC1(CCC1)C2.CCC(C)(C)C.CS. The Morgan fingerprint density at radius 1 is 1.09 bits per heavy atom. The Balaban J connectivity index is 0.000000519. The van der Waals surface area contributed by atoms with E-state index in [0.29, 0.717) is 43.5 Å². The number of nitriles is 1. The first-order valence-corrected chi connectivity index (χ1v) is 17.1. The van der Waals surface area contributed by atoms with Gasteiger partial charge in [-0.2, -0.15) is 31.1 Å². The van der Waals surface area contributed by atoms with Crippen LogP contribution in [-0.2, 0) is 27.7 Å². The van der Waals surface area contributed by atoms with Crippen LogP contribution in [0.15, 0.2) is 18.2 Å². The van der Waals surface area contributed by atoms with Gasteiger partial charge in [0.15, 0.2) is 0 Å². The van der Waals surface area contributed by atoms with Gasteiger partial charge < -0.3 is 14.6 Å². The maximum absolute atomic E-state index is 13.5. The van der Waals surface area contributed by atoms with Crippen LogP contribution >= 0.6 is 12.6 Å². The number of aromatic nitrogens is 1. The summed E-state index contributed by atoms with van der Waals surface area (Å²) in [6.07, 6.45) is 3.10. The molecule has 1 N–H and O–H groups in total. The third kappa shape index (κ3) is 7.10. The van der Waals surface area contributed by atoms with Gasteiger partial charge in [0.05, 0.1) is 28.9 Å². The summed E-state index contributed by atoms with van der Waals surface area (Å²) in [5.74, 6) is 0.0430. The normalized spacial score (nSPS) is 22.8. The van der Waals surface area contributed by atoms with Crippen molar-refractivity contribution in [2.75, 3.05) is 19.5 Å². The molecule has 1 aromatic heterocycles. The van der Waals surface area contributed by atoms with Gasteiger partial charge in [-0.3, -0.25) is 4.98 Å². The van der Waals surface area contributed by atoms with Crippen molar-refractivity contribution in [3.05, 3.63) is 63.0 Å². The topological polar surface area (TPSA) is 75.4 Å². The second kappa shape index (κ2) is 13.5. The van der Waals surface area contributed by atoms with Gasteiger partial charge in [0.1, 0.15) is 6.10 Å². The highest BCUT2D eigenvalue weighted by Crippen LogP contribution is 2.60. The molecule has 0 bridgehead atoms. The van der Waals surface area contributed by atoms with Crippen LogP contribution in [-0.4, -0.2) is 29.6 Å². The molecule has 2 aromatic rings. The van der Waals surface area contributed by atoms with Gasteiger partial charge in [-0.05, 0) is 71.9 Å². The molecule has 2 spiro atoms. The Labute approximate surface area is 272 Å². The summed E-state index contributed by atoms with van der Waals surface area (Å²) in [5, 5.41) is 21.1. The van der Waals surface area contributed by atoms with Gasteiger partial charge in [0, 0.05) is 48.6 Å². The average Bonchev–Trinajstić information content (AvgIpc) is 3.30. The maximum atomic E-state index is 13.5. The lowest BCUT2D eigenvalue weighted by Gasteiger charge is -2.48. The van der Waals surface area contributed by atoms with Crippen molar-refractivity contribution in [3.8, 4) is 6.07 Å². The zero-order valence-electron chi connectivity index (χ0n) is 27.8. The zero-order valence-corrected chi connectivity index (χ0v) is 28.7. The Hall–Kier alpha value is -2.12. The number of rotatable bonds is 2. The van der Waals surface area contributed by atoms with E-state index in [1.165, 1.54) is 25.0 Å². The summed E-state index contributed by atoms with van der Waals surface area (Å²) in [7, 11) is 0. The standard InChI is InChI=1S/C29H31F3N2O3.C6H14.CH4S/c1-16(2)25-23-24(22-20(34-25)13-27(6-3-7-27)14-21(22)35)28(8-10-36-11-9-28)37-26(23)17-4-5-19(29(30,31)32)18(12-17)15-33;1-5-6(2,3)4;1-2/h4-5,12,16,21,26,35H,3,6-11,13-14H2,1-2H3;5H2,1-4H3;2H,1H3. The summed E-state index contributed by atoms with van der Waals surface area (Å²) in [5.41, 5.74) is 3.54. The Bertz CT molecular complexity index is 1400. The minimum absolute atomic E-state index is 0.0430. The molecule has 45 heavy (non-hydrogen) atoms. The number of nitrogens with zero attached hydrogens (tertiary/aromatic N) is 2. The molecular formula is C36H49F3N2O3S. The highest BCUT2D eigenvalue weighted by Gasteiger charge is 2.54. The first kappa shape index (κ1) is 35.7. The number of hydrogen-bond acceptors (Lipinski definition) is 6. The summed E-state index contributed by atoms with van der Waals surface area (Å²) in [6, 6.07) is 5.42. The molecule has 1 saturated carbocycles. The number of aliphatic hydroxyl groups is 1. The third-order valence-corrected chi connectivity index (χ3v) is 10.0. The van der Waals surface area contributed by atoms with Gasteiger partial charge in [-0.1, -0.05) is 60.5 Å². The summed E-state index contributed by atoms with van der Waals surface area (Å²) >= 11 is 3.53. The molecule has 0 amide bonds. The van der Waals surface area contributed by atoms with Crippen LogP contribution in [0.4, 0.5) is 13.2 Å². The van der Waals surface area contributed by atoms with Crippen LogP contribution in [0.5, 0.6) is 0 Å². The fourth-order valence-corrected chi connectivity index (χ4v) is 7.08. The van der Waals surface area contributed by atoms with Crippen LogP contribution < -0.4 is 0 Å². The van der Waals surface area contributed by atoms with Crippen molar-refractivity contribution in [2.24, 2.45) is 10.8 Å². The molecule has 1 saturated heterocycles. The number of thiol groups is 1. The van der Waals surface area contributed by atoms with Gasteiger partial charge in [-0.25, -0.2) is 0 Å². The molecule has 2 aliphatic heterocycles. The van der Waals surface area contributed by atoms with Crippen molar-refractivity contribution in [3.63, 3.8) is 0 Å². The lowest BCUT2D eigenvalue weighted by molar-refractivity contribution is -0.138. The van der Waals surface area contributed by atoms with E-state index in [2.05, 4.69) is 54.2 Å². The van der Waals surface area contributed by atoms with E-state index in [9.17, 15) is 23.5 Å². The number of benzene rings is 1. The van der Waals surface area contributed by atoms with E-state index >= 15 is 0 Å². The van der Waals surface area contributed by atoms with Crippen LogP contribution in [0.1, 0.15) is 149 Å². The molecule has 248 valence electrons. The number of aliphatic hydroxyl groups excluding tert-OH is 1. The summed E-state index contributed by atoms with van der Waals surface area (Å²) < 4.78 is 53.1. The van der Waals surface area contributed by atoms with E-state index in [0.717, 1.165) is 53.4 Å². The van der Waals surface area contributed by atoms with E-state index in [1.54, 1.807) is 12.3 Å². The number of pyridine rings is 1. The second-order valence-corrected chi connectivity index (χ2v) is 14.5. The fraction of sp³-hybridized carbons (Fsp3) is 0.667. The Kier molecular flexibility index (Phi) is 10.8. The minimum Gasteiger partial charge on any atom is -0.388 e. The largest absolute Gasteiger partial charge is 0.417 e. The van der Waals surface area contributed by atoms with Gasteiger partial charge in [0.2, 0.25) is 0 Å². The minimum atomic E-state index is -4.62. The molecule has 2 atom stereocenters. The van der Waals surface area contributed by atoms with E-state index in [-0.39, 0.29) is 11.3 Å². The Morgan fingerprint density at radius 2 is 1.71 bits per heavy atom. The van der Waals surface area contributed by atoms with E-state index in [4.69, 9.17) is 14.5 Å². The molecule has 2 unspecified atom stereocenters. The fourth-order valence-electron chi connectivity index (χ4n) is 7.08. The second-order valence-electron chi connectivity index (χ2n) is 14.5. The number of ether oxygens (including phenoxy) is 2. The predicted octanol–water partition coefficient (Wildman–Crippen LogP) is 9.36. The highest BCUT2D eigenvalue weighted by atomic mass is 32.1. The molecule has 0 radical (unpaired) electrons. The quantitative estimate of drug-likeness (QED) is 0.318. The van der Waals surface area contributed by atoms with Crippen molar-refractivity contribution in [1.29, 1.82) is 5.26 Å². The first-order valence-electron chi connectivity index (χ1n) is 16.2. The number of hydrogen-bond donors (Lipinski definition) is 2. The molecule has 5 nitrogen and oxygen atoms in total. The van der Waals surface area contributed by atoms with Gasteiger partial charge in [-0.15, -0.1) is 0 Å². The average molecular weight is 647 g/mol. The van der Waals surface area contributed by atoms with Crippen molar-refractivity contribution < 1.29 is 27.8 Å². The lowest BCUT2D eigenvalue weighted by atomic mass is 9.58. The number of halogens is 3. The summed E-state index contributed by atoms with van der Waals surface area (Å²) in [4.78, 5) is 5.15. The first-order chi connectivity index (χ1) is 21.1. The molecule has 2 fully saturated rings. The van der Waals surface area contributed by atoms with Crippen LogP contribution in [0.25, 0.3) is 0 Å². The molecular weight excluding hydrogens is 597 g/mol. The maximum Gasteiger partial charge on any atom is 0.417 e. The van der Waals surface area contributed by atoms with Gasteiger partial charge >= 0.3 is 6.18 Å². The van der Waals surface area contributed by atoms with Crippen LogP contribution in [0.3, 0.4) is 0 Å². The highest BCUT2D eigenvalue weighted by molar-refractivity contribution is 7.79. The van der Waals surface area contributed by atoms with E-state index in [1.807, 2.05) is 0 Å². The Morgan fingerprint density at radius 3 is 2.20 bits per heavy atom. The van der Waals surface area contributed by atoms with Crippen molar-refractivity contribution in [2.45, 2.75) is 123 Å². The molecule has 2 aliphatic carbocycles. The van der Waals surface area contributed by atoms with Crippen LogP contribution in [0, 0.1) is 22.2 Å². The monoisotopic (exact) mass is 646 g/mol. The smallest absolute Gasteiger partial charge is 0.388 e. The molecule has 1 aromatic carbocycles. The third-order valence-electron chi connectivity index (χ3n) is 10.0. The number of alkyl halides is 3. The number of fused-ring (bicyclic) bond motifs is 4. The summed E-state index contributed by atoms with van der Waals surface area (Å²) in [6.45, 7) is 14.1. The predicted molar refractivity (Wildman–Crippen MR) is 173 cm³/mol. The van der Waals surface area contributed by atoms with Gasteiger partial charge in [0.25, 0.3) is 0 Å². The molecule has 4 aliphatic rings. The van der Waals surface area contributed by atoms with Crippen molar-refractivity contribution >= 4 is 12.6 Å². The lowest BCUT2D eigenvalue weighted by Crippen LogP contribution is -2.40. The molecule has 9 heteroatoms. The van der Waals surface area contributed by atoms with E-state index < -0.39 is 35.1 Å². The molecule has 6 rings (SSSR count). The zero-order chi connectivity index (χ0) is 33.4. The molecule has 3 heterocycles. The van der Waals surface area contributed by atoms with Crippen LogP contribution in [0.2, 0.25) is 0 Å².